The Morgan fingerprint density at radius 3 is 2.69 bits per heavy atom. The number of carbonyl (C=O) groups is 1. The summed E-state index contributed by atoms with van der Waals surface area (Å²) in [6.07, 6.45) is 5.60. The summed E-state index contributed by atoms with van der Waals surface area (Å²) in [5, 5.41) is 6.72. The lowest BCUT2D eigenvalue weighted by molar-refractivity contribution is 0.0949. The first-order valence-electron chi connectivity index (χ1n) is 8.18. The van der Waals surface area contributed by atoms with Crippen LogP contribution in [0.1, 0.15) is 21.6 Å². The summed E-state index contributed by atoms with van der Waals surface area (Å²) in [7, 11) is 0. The molecule has 26 heavy (non-hydrogen) atoms. The van der Waals surface area contributed by atoms with E-state index in [9.17, 15) is 4.79 Å². The Balaban J connectivity index is 1.51. The quantitative estimate of drug-likeness (QED) is 0.670. The van der Waals surface area contributed by atoms with E-state index in [4.69, 9.17) is 11.6 Å². The molecule has 2 aromatic heterocycles. The number of benzene rings is 1. The second-order valence-electron chi connectivity index (χ2n) is 5.64. The van der Waals surface area contributed by atoms with E-state index >= 15 is 0 Å². The van der Waals surface area contributed by atoms with Crippen molar-refractivity contribution in [3.63, 3.8) is 0 Å². The van der Waals surface area contributed by atoms with Crippen molar-refractivity contribution in [3.8, 4) is 0 Å². The molecular weight excluding hydrogens is 350 g/mol. The molecular formula is C19H18ClN5O. The lowest BCUT2D eigenvalue weighted by Crippen LogP contribution is -2.26. The van der Waals surface area contributed by atoms with Crippen molar-refractivity contribution >= 4 is 23.3 Å². The predicted octanol–water partition coefficient (Wildman–Crippen LogP) is 3.11. The Morgan fingerprint density at radius 2 is 1.92 bits per heavy atom. The molecule has 0 fully saturated rings. The third-order valence-corrected chi connectivity index (χ3v) is 3.96. The van der Waals surface area contributed by atoms with Crippen molar-refractivity contribution < 1.29 is 4.79 Å². The summed E-state index contributed by atoms with van der Waals surface area (Å²) in [5.41, 5.74) is 2.46. The molecule has 2 N–H and O–H groups in total. The highest BCUT2D eigenvalue weighted by Crippen LogP contribution is 2.10. The van der Waals surface area contributed by atoms with Gasteiger partial charge in [0.15, 0.2) is 0 Å². The van der Waals surface area contributed by atoms with Gasteiger partial charge in [0.1, 0.15) is 17.8 Å². The van der Waals surface area contributed by atoms with Crippen LogP contribution in [0.5, 0.6) is 0 Å². The van der Waals surface area contributed by atoms with Crippen molar-refractivity contribution in [3.05, 3.63) is 83.0 Å². The summed E-state index contributed by atoms with van der Waals surface area (Å²) >= 11 is 5.86. The van der Waals surface area contributed by atoms with Gasteiger partial charge in [0.05, 0.1) is 0 Å². The summed E-state index contributed by atoms with van der Waals surface area (Å²) < 4.78 is 0. The Hall–Kier alpha value is -2.99. The fraction of sp³-hybridized carbons (Fsp3) is 0.158. The van der Waals surface area contributed by atoms with Gasteiger partial charge in [-0.3, -0.25) is 9.78 Å². The molecule has 6 nitrogen and oxygen atoms in total. The molecule has 0 aliphatic carbocycles. The first-order chi connectivity index (χ1) is 12.7. The maximum Gasteiger partial charge on any atom is 0.270 e. The number of anilines is 1. The van der Waals surface area contributed by atoms with Gasteiger partial charge in [-0.25, -0.2) is 9.97 Å². The molecule has 132 valence electrons. The number of pyridine rings is 1. The minimum Gasteiger partial charge on any atom is -0.366 e. The van der Waals surface area contributed by atoms with Crippen molar-refractivity contribution in [2.45, 2.75) is 13.0 Å². The van der Waals surface area contributed by atoms with E-state index < -0.39 is 0 Å². The van der Waals surface area contributed by atoms with Gasteiger partial charge in [0, 0.05) is 36.6 Å². The van der Waals surface area contributed by atoms with E-state index in [1.165, 1.54) is 6.33 Å². The Kier molecular flexibility index (Phi) is 6.11. The number of nitrogens with one attached hydrogen (secondary N) is 2. The molecule has 7 heteroatoms. The molecule has 0 aliphatic rings. The maximum atomic E-state index is 12.3. The lowest BCUT2D eigenvalue weighted by Gasteiger charge is -2.08. The number of nitrogens with zero attached hydrogens (tertiary/aromatic N) is 3. The van der Waals surface area contributed by atoms with Crippen molar-refractivity contribution in [1.29, 1.82) is 0 Å². The average Bonchev–Trinajstić information content (AvgIpc) is 2.69. The number of rotatable bonds is 7. The smallest absolute Gasteiger partial charge is 0.270 e. The van der Waals surface area contributed by atoms with Crippen LogP contribution in [-0.4, -0.2) is 27.4 Å². The normalized spacial score (nSPS) is 10.3. The van der Waals surface area contributed by atoms with E-state index in [1.807, 2.05) is 36.4 Å². The molecule has 0 atom stereocenters. The predicted molar refractivity (Wildman–Crippen MR) is 101 cm³/mol. The molecule has 0 saturated heterocycles. The number of aromatic nitrogens is 3. The fourth-order valence-corrected chi connectivity index (χ4v) is 2.46. The lowest BCUT2D eigenvalue weighted by atomic mass is 10.1. The second-order valence-corrected chi connectivity index (χ2v) is 6.07. The van der Waals surface area contributed by atoms with E-state index in [0.717, 1.165) is 17.5 Å². The van der Waals surface area contributed by atoms with Crippen LogP contribution in [0.2, 0.25) is 5.02 Å². The Morgan fingerprint density at radius 1 is 1.08 bits per heavy atom. The highest BCUT2D eigenvalue weighted by molar-refractivity contribution is 6.30. The zero-order valence-electron chi connectivity index (χ0n) is 14.0. The third-order valence-electron chi connectivity index (χ3n) is 3.71. The molecule has 2 heterocycles. The number of hydrogen-bond acceptors (Lipinski definition) is 5. The van der Waals surface area contributed by atoms with E-state index in [-0.39, 0.29) is 5.91 Å². The zero-order valence-corrected chi connectivity index (χ0v) is 14.8. The van der Waals surface area contributed by atoms with Crippen LogP contribution in [0, 0.1) is 0 Å². The van der Waals surface area contributed by atoms with E-state index in [0.29, 0.717) is 29.6 Å². The fourth-order valence-electron chi connectivity index (χ4n) is 2.34. The highest BCUT2D eigenvalue weighted by atomic mass is 35.5. The maximum absolute atomic E-state index is 12.3. The van der Waals surface area contributed by atoms with Gasteiger partial charge >= 0.3 is 0 Å². The van der Waals surface area contributed by atoms with Gasteiger partial charge in [0.25, 0.3) is 5.91 Å². The molecule has 0 aliphatic heterocycles. The third kappa shape index (κ3) is 5.26. The van der Waals surface area contributed by atoms with Gasteiger partial charge in [0.2, 0.25) is 0 Å². The molecule has 0 bridgehead atoms. The van der Waals surface area contributed by atoms with Gasteiger partial charge in [-0.05, 0) is 35.7 Å². The summed E-state index contributed by atoms with van der Waals surface area (Å²) in [6.45, 7) is 1.09. The van der Waals surface area contributed by atoms with Crippen LogP contribution in [0.25, 0.3) is 0 Å². The minimum absolute atomic E-state index is 0.231. The van der Waals surface area contributed by atoms with Crippen molar-refractivity contribution in [2.24, 2.45) is 0 Å². The van der Waals surface area contributed by atoms with Crippen LogP contribution in [0.3, 0.4) is 0 Å². The average molecular weight is 368 g/mol. The summed E-state index contributed by atoms with van der Waals surface area (Å²) in [5.74, 6) is 0.359. The SMILES string of the molecule is O=C(NCCc1ccc(Cl)cc1)c1cc(NCc2cccnc2)ncn1. The molecule has 3 aromatic rings. The Labute approximate surface area is 156 Å². The minimum atomic E-state index is -0.231. The molecule has 3 rings (SSSR count). The van der Waals surface area contributed by atoms with E-state index in [1.54, 1.807) is 18.5 Å². The molecule has 1 amide bonds. The highest BCUT2D eigenvalue weighted by Gasteiger charge is 2.08. The van der Waals surface area contributed by atoms with Crippen LogP contribution in [-0.2, 0) is 13.0 Å². The van der Waals surface area contributed by atoms with Crippen molar-refractivity contribution in [1.82, 2.24) is 20.3 Å². The van der Waals surface area contributed by atoms with Crippen molar-refractivity contribution in [2.75, 3.05) is 11.9 Å². The first-order valence-corrected chi connectivity index (χ1v) is 8.56. The number of halogens is 1. The summed E-state index contributed by atoms with van der Waals surface area (Å²) in [6, 6.07) is 13.0. The standard InChI is InChI=1S/C19H18ClN5O/c20-16-5-3-14(4-6-16)7-9-22-19(26)17-10-18(25-13-24-17)23-12-15-2-1-8-21-11-15/h1-6,8,10-11,13H,7,9,12H2,(H,22,26)(H,23,24,25). The van der Waals surface area contributed by atoms with Crippen LogP contribution in [0.15, 0.2) is 61.2 Å². The van der Waals surface area contributed by atoms with Gasteiger partial charge in [-0.15, -0.1) is 0 Å². The molecule has 0 radical (unpaired) electrons. The van der Waals surface area contributed by atoms with Crippen LogP contribution in [0.4, 0.5) is 5.82 Å². The second kappa shape index (κ2) is 8.92. The largest absolute Gasteiger partial charge is 0.366 e. The Bertz CT molecular complexity index is 855. The molecule has 0 spiro atoms. The number of amides is 1. The first kappa shape index (κ1) is 17.8. The zero-order chi connectivity index (χ0) is 18.2. The topological polar surface area (TPSA) is 79.8 Å². The van der Waals surface area contributed by atoms with Crippen LogP contribution >= 0.6 is 11.6 Å². The molecule has 0 saturated carbocycles. The van der Waals surface area contributed by atoms with Crippen LogP contribution < -0.4 is 10.6 Å². The van der Waals surface area contributed by atoms with Gasteiger partial charge in [-0.2, -0.15) is 0 Å². The molecule has 1 aromatic carbocycles. The van der Waals surface area contributed by atoms with E-state index in [2.05, 4.69) is 25.6 Å². The number of hydrogen-bond donors (Lipinski definition) is 2. The van der Waals surface area contributed by atoms with Gasteiger partial charge < -0.3 is 10.6 Å². The molecule has 0 unspecified atom stereocenters. The monoisotopic (exact) mass is 367 g/mol. The van der Waals surface area contributed by atoms with Gasteiger partial charge in [-0.1, -0.05) is 29.8 Å². The number of carbonyl (C=O) groups excluding carboxylic acids is 1. The summed E-state index contributed by atoms with van der Waals surface area (Å²) in [4.78, 5) is 24.5.